The number of nitrogens with zero attached hydrogens (tertiary/aromatic N) is 1. The van der Waals surface area contributed by atoms with E-state index >= 15 is 0 Å². The maximum absolute atomic E-state index is 12.8. The lowest BCUT2D eigenvalue weighted by molar-refractivity contribution is 0.370. The molecular weight excluding hydrogens is 292 g/mol. The van der Waals surface area contributed by atoms with E-state index in [1.807, 2.05) is 12.3 Å². The molecule has 1 N–H and O–H groups in total. The molecule has 1 fully saturated rings. The van der Waals surface area contributed by atoms with Crippen LogP contribution in [0, 0.1) is 0 Å². The van der Waals surface area contributed by atoms with Gasteiger partial charge in [0.1, 0.15) is 0 Å². The van der Waals surface area contributed by atoms with Crippen LogP contribution in [0.15, 0.2) is 11.1 Å². The van der Waals surface area contributed by atoms with Crippen molar-refractivity contribution >= 4 is 33.4 Å². The molecule has 2 heterocycles. The van der Waals surface area contributed by atoms with Gasteiger partial charge in [-0.1, -0.05) is 11.8 Å². The lowest BCUT2D eigenvalue weighted by Gasteiger charge is -2.33. The first-order valence-corrected chi connectivity index (χ1v) is 8.96. The van der Waals surface area contributed by atoms with Crippen molar-refractivity contribution in [2.75, 3.05) is 12.4 Å². The molecule has 2 aliphatic heterocycles. The summed E-state index contributed by atoms with van der Waals surface area (Å²) in [4.78, 5) is 0. The second kappa shape index (κ2) is 5.23. The number of allylic oxidation sites excluding steroid dienone is 1. The first kappa shape index (κ1) is 14.5. The number of halogens is 1. The maximum atomic E-state index is 12.8. The molecule has 0 spiro atoms. The first-order valence-electron chi connectivity index (χ1n) is 6.11. The Bertz CT molecular complexity index is 452. The summed E-state index contributed by atoms with van der Waals surface area (Å²) in [5.41, 5.74) is 0.902. The maximum Gasteiger partial charge on any atom is 0.248 e. The fourth-order valence-electron chi connectivity index (χ4n) is 2.51. The molecule has 104 valence electrons. The normalized spacial score (nSPS) is 33.5. The number of nitrogens with one attached hydrogen (secondary N) is 1. The summed E-state index contributed by atoms with van der Waals surface area (Å²) in [5.74, 6) is 0.505. The van der Waals surface area contributed by atoms with Crippen molar-refractivity contribution in [2.45, 2.75) is 43.4 Å². The van der Waals surface area contributed by atoms with Gasteiger partial charge in [0.25, 0.3) is 0 Å². The predicted molar refractivity (Wildman–Crippen MR) is 76.9 cm³/mol. The highest BCUT2D eigenvalue weighted by Gasteiger charge is 2.49. The van der Waals surface area contributed by atoms with Gasteiger partial charge < -0.3 is 5.32 Å². The molecule has 0 amide bonds. The van der Waals surface area contributed by atoms with Gasteiger partial charge in [0.05, 0.1) is 0 Å². The molecule has 0 aromatic carbocycles. The molecule has 18 heavy (non-hydrogen) atoms. The van der Waals surface area contributed by atoms with E-state index in [0.29, 0.717) is 12.4 Å². The standard InChI is InChI=1S/C11H19ClN2O2S2/c1-9-8-17-11(2,13-9)18(15,16)14-7-3-4-10(14)5-6-12/h8,10,13H,3-7H2,1-2H3. The zero-order valence-electron chi connectivity index (χ0n) is 10.6. The summed E-state index contributed by atoms with van der Waals surface area (Å²) in [6.45, 7) is 4.23. The van der Waals surface area contributed by atoms with E-state index in [9.17, 15) is 8.42 Å². The molecule has 4 nitrogen and oxygen atoms in total. The second-order valence-corrected chi connectivity index (χ2v) is 9.04. The Hall–Kier alpha value is 0.0900. The van der Waals surface area contributed by atoms with E-state index in [1.165, 1.54) is 11.8 Å². The minimum atomic E-state index is -3.37. The Morgan fingerprint density at radius 2 is 2.39 bits per heavy atom. The lowest BCUT2D eigenvalue weighted by Crippen LogP contribution is -2.52. The van der Waals surface area contributed by atoms with Crippen LogP contribution < -0.4 is 5.32 Å². The third kappa shape index (κ3) is 2.40. The van der Waals surface area contributed by atoms with E-state index in [2.05, 4.69) is 5.32 Å². The third-order valence-corrected chi connectivity index (χ3v) is 7.80. The molecule has 7 heteroatoms. The number of thioether (sulfide) groups is 1. The van der Waals surface area contributed by atoms with Crippen molar-refractivity contribution in [1.82, 2.24) is 9.62 Å². The molecule has 0 radical (unpaired) electrons. The highest BCUT2D eigenvalue weighted by atomic mass is 35.5. The molecule has 0 aromatic rings. The molecule has 2 unspecified atom stereocenters. The highest BCUT2D eigenvalue weighted by molar-refractivity contribution is 8.15. The van der Waals surface area contributed by atoms with Gasteiger partial charge in [-0.2, -0.15) is 4.31 Å². The van der Waals surface area contributed by atoms with Crippen LogP contribution in [0.5, 0.6) is 0 Å². The SMILES string of the molecule is CC1=CSC(C)(S(=O)(=O)N2CCCC2CCCl)N1. The van der Waals surface area contributed by atoms with Gasteiger partial charge in [-0.3, -0.25) is 0 Å². The van der Waals surface area contributed by atoms with Gasteiger partial charge in [0.2, 0.25) is 14.2 Å². The van der Waals surface area contributed by atoms with Gasteiger partial charge in [-0.15, -0.1) is 11.6 Å². The van der Waals surface area contributed by atoms with Gasteiger partial charge in [0.15, 0.2) is 0 Å². The molecule has 2 rings (SSSR count). The van der Waals surface area contributed by atoms with Crippen molar-refractivity contribution in [1.29, 1.82) is 0 Å². The second-order valence-electron chi connectivity index (χ2n) is 4.88. The van der Waals surface area contributed by atoms with Crippen molar-refractivity contribution in [3.05, 3.63) is 11.1 Å². The van der Waals surface area contributed by atoms with Gasteiger partial charge in [-0.25, -0.2) is 8.42 Å². The predicted octanol–water partition coefficient (Wildman–Crippen LogP) is 2.28. The van der Waals surface area contributed by atoms with Gasteiger partial charge in [-0.05, 0) is 38.5 Å². The average molecular weight is 311 g/mol. The molecule has 0 saturated carbocycles. The summed E-state index contributed by atoms with van der Waals surface area (Å²) in [6.07, 6.45) is 2.57. The van der Waals surface area contributed by atoms with Crippen molar-refractivity contribution in [3.63, 3.8) is 0 Å². The fraction of sp³-hybridized carbons (Fsp3) is 0.818. The van der Waals surface area contributed by atoms with Crippen molar-refractivity contribution < 1.29 is 8.42 Å². The summed E-state index contributed by atoms with van der Waals surface area (Å²) in [6, 6.07) is 0.0626. The van der Waals surface area contributed by atoms with Crippen molar-refractivity contribution in [3.8, 4) is 0 Å². The van der Waals surface area contributed by atoms with Crippen LogP contribution in [0.2, 0.25) is 0 Å². The molecular formula is C11H19ClN2O2S2. The highest BCUT2D eigenvalue weighted by Crippen LogP contribution is 2.40. The summed E-state index contributed by atoms with van der Waals surface area (Å²) in [5, 5.41) is 4.94. The zero-order chi connectivity index (χ0) is 13.4. The minimum absolute atomic E-state index is 0.0626. The fourth-order valence-corrected chi connectivity index (χ4v) is 6.07. The monoisotopic (exact) mass is 310 g/mol. The van der Waals surface area contributed by atoms with Crippen molar-refractivity contribution in [2.24, 2.45) is 0 Å². The largest absolute Gasteiger partial charge is 0.360 e. The van der Waals surface area contributed by atoms with Crippen LogP contribution in [0.25, 0.3) is 0 Å². The quantitative estimate of drug-likeness (QED) is 0.809. The zero-order valence-corrected chi connectivity index (χ0v) is 13.0. The first-order chi connectivity index (χ1) is 8.40. The number of sulfonamides is 1. The Morgan fingerprint density at radius 1 is 1.67 bits per heavy atom. The van der Waals surface area contributed by atoms with Crippen LogP contribution in [-0.2, 0) is 10.0 Å². The molecule has 2 aliphatic rings. The third-order valence-electron chi connectivity index (χ3n) is 3.45. The average Bonchev–Trinajstić information content (AvgIpc) is 2.87. The number of alkyl halides is 1. The van der Waals surface area contributed by atoms with Gasteiger partial charge in [0, 0.05) is 24.2 Å². The van der Waals surface area contributed by atoms with E-state index < -0.39 is 14.2 Å². The topological polar surface area (TPSA) is 49.4 Å². The minimum Gasteiger partial charge on any atom is -0.360 e. The van der Waals surface area contributed by atoms with Crippen LogP contribution in [-0.4, -0.2) is 35.4 Å². The van der Waals surface area contributed by atoms with Crippen LogP contribution in [0.1, 0.15) is 33.1 Å². The van der Waals surface area contributed by atoms with Crippen LogP contribution in [0.4, 0.5) is 0 Å². The van der Waals surface area contributed by atoms with Crippen LogP contribution >= 0.6 is 23.4 Å². The summed E-state index contributed by atoms with van der Waals surface area (Å²) in [7, 11) is -3.37. The Labute approximate surface area is 118 Å². The molecule has 0 bridgehead atoms. The summed E-state index contributed by atoms with van der Waals surface area (Å²) < 4.78 is 26.2. The van der Waals surface area contributed by atoms with E-state index in [1.54, 1.807) is 11.2 Å². The number of rotatable bonds is 4. The summed E-state index contributed by atoms with van der Waals surface area (Å²) >= 11 is 7.09. The lowest BCUT2D eigenvalue weighted by atomic mass is 10.2. The van der Waals surface area contributed by atoms with Gasteiger partial charge >= 0.3 is 0 Å². The smallest absolute Gasteiger partial charge is 0.248 e. The Morgan fingerprint density at radius 3 is 2.94 bits per heavy atom. The number of hydrogen-bond acceptors (Lipinski definition) is 4. The Balaban J connectivity index is 2.21. The van der Waals surface area contributed by atoms with E-state index in [-0.39, 0.29) is 6.04 Å². The number of hydrogen-bond donors (Lipinski definition) is 1. The molecule has 2 atom stereocenters. The van der Waals surface area contributed by atoms with Crippen LogP contribution in [0.3, 0.4) is 0 Å². The van der Waals surface area contributed by atoms with E-state index in [4.69, 9.17) is 11.6 Å². The Kier molecular flexibility index (Phi) is 4.21. The van der Waals surface area contributed by atoms with E-state index in [0.717, 1.165) is 25.0 Å². The molecule has 0 aliphatic carbocycles. The molecule has 0 aromatic heterocycles. The molecule has 1 saturated heterocycles.